The van der Waals surface area contributed by atoms with Gasteiger partial charge < -0.3 is 24.3 Å². The minimum atomic E-state index is -4.61. The molecule has 0 radical (unpaired) electrons. The molecule has 0 bridgehead atoms. The highest BCUT2D eigenvalue weighted by atomic mass is 19.4. The van der Waals surface area contributed by atoms with Gasteiger partial charge in [0, 0.05) is 0 Å². The van der Waals surface area contributed by atoms with Gasteiger partial charge in [-0.25, -0.2) is 4.79 Å². The highest BCUT2D eigenvalue weighted by molar-refractivity contribution is 6.44. The van der Waals surface area contributed by atoms with E-state index in [1.165, 1.54) is 6.07 Å². The van der Waals surface area contributed by atoms with Gasteiger partial charge in [0.25, 0.3) is 0 Å². The van der Waals surface area contributed by atoms with Gasteiger partial charge in [0.05, 0.1) is 0 Å². The molecule has 10 heteroatoms. The number of aromatic carboxylic acids is 1. The summed E-state index contributed by atoms with van der Waals surface area (Å²) in [6.07, 6.45) is -4.61. The van der Waals surface area contributed by atoms with Crippen LogP contribution < -0.4 is 14.1 Å². The fraction of sp³-hybridized carbons (Fsp3) is 0.300. The molecule has 1 aromatic rings. The Hall–Kier alpha value is -2.10. The van der Waals surface area contributed by atoms with Crippen LogP contribution in [0.15, 0.2) is 12.1 Å². The topological polar surface area (TPSA) is 85.2 Å². The molecule has 1 aliphatic heterocycles. The zero-order valence-corrected chi connectivity index (χ0v) is 9.81. The van der Waals surface area contributed by atoms with Crippen molar-refractivity contribution in [2.75, 3.05) is 13.1 Å². The largest absolute Gasteiger partial charge is 0.563 e. The molecule has 2 rings (SSSR count). The first-order valence-corrected chi connectivity index (χ1v) is 5.35. The van der Waals surface area contributed by atoms with Crippen molar-refractivity contribution in [2.24, 2.45) is 0 Å². The van der Waals surface area contributed by atoms with E-state index in [4.69, 9.17) is 14.5 Å². The van der Waals surface area contributed by atoms with Gasteiger partial charge in [0.1, 0.15) is 17.8 Å². The van der Waals surface area contributed by atoms with Crippen LogP contribution in [0.3, 0.4) is 0 Å². The molecule has 0 amide bonds. The maximum absolute atomic E-state index is 12.1. The number of hydrogen-bond acceptors (Lipinski definition) is 5. The van der Waals surface area contributed by atoms with Crippen molar-refractivity contribution in [1.29, 1.82) is 0 Å². The van der Waals surface area contributed by atoms with Crippen LogP contribution in [-0.4, -0.2) is 42.5 Å². The number of carbonyl (C=O) groups is 1. The summed E-state index contributed by atoms with van der Waals surface area (Å²) < 4.78 is 50.7. The quantitative estimate of drug-likeness (QED) is 0.812. The number of carboxylic acid groups (broad SMARTS) is 1. The Labute approximate surface area is 110 Å². The van der Waals surface area contributed by atoms with Crippen LogP contribution in [0.4, 0.5) is 13.2 Å². The molecule has 0 fully saturated rings. The van der Waals surface area contributed by atoms with Gasteiger partial charge in [0.15, 0.2) is 18.1 Å². The number of rotatable bonds is 3. The Morgan fingerprint density at radius 2 is 2.15 bits per heavy atom. The van der Waals surface area contributed by atoms with Gasteiger partial charge in [-0.05, 0) is 12.1 Å². The molecular weight excluding hydrogens is 284 g/mol. The Morgan fingerprint density at radius 3 is 2.75 bits per heavy atom. The van der Waals surface area contributed by atoms with Crippen molar-refractivity contribution >= 4 is 13.1 Å². The third kappa shape index (κ3) is 3.07. The van der Waals surface area contributed by atoms with Gasteiger partial charge in [-0.2, -0.15) is 13.2 Å². The SMILES string of the molecule is O=C(O)c1c(OCC(F)(F)F)ccc2c1OB(O)CO2. The van der Waals surface area contributed by atoms with Gasteiger partial charge in [-0.1, -0.05) is 0 Å². The van der Waals surface area contributed by atoms with E-state index in [0.717, 1.165) is 6.07 Å². The summed E-state index contributed by atoms with van der Waals surface area (Å²) >= 11 is 0. The second-order valence-electron chi connectivity index (χ2n) is 3.86. The van der Waals surface area contributed by atoms with Crippen molar-refractivity contribution in [3.05, 3.63) is 17.7 Å². The summed E-state index contributed by atoms with van der Waals surface area (Å²) in [5, 5.41) is 18.3. The number of carboxylic acids is 1. The number of halogens is 3. The molecular formula is C10H8BF3O6. The number of hydrogen-bond donors (Lipinski definition) is 2. The van der Waals surface area contributed by atoms with Crippen molar-refractivity contribution in [3.63, 3.8) is 0 Å². The lowest BCUT2D eigenvalue weighted by molar-refractivity contribution is -0.153. The van der Waals surface area contributed by atoms with E-state index in [2.05, 4.69) is 4.74 Å². The lowest BCUT2D eigenvalue weighted by Crippen LogP contribution is -2.35. The molecule has 0 saturated heterocycles. The Balaban J connectivity index is 2.38. The zero-order valence-electron chi connectivity index (χ0n) is 9.81. The molecule has 1 aromatic carbocycles. The molecule has 6 nitrogen and oxygen atoms in total. The van der Waals surface area contributed by atoms with E-state index in [0.29, 0.717) is 0 Å². The first-order chi connectivity index (χ1) is 9.28. The molecule has 0 unspecified atom stereocenters. The van der Waals surface area contributed by atoms with Crippen LogP contribution in [0.25, 0.3) is 0 Å². The smallest absolute Gasteiger partial charge is 0.531 e. The molecule has 1 heterocycles. The van der Waals surface area contributed by atoms with E-state index in [1.807, 2.05) is 0 Å². The molecule has 2 N–H and O–H groups in total. The normalized spacial score (nSPS) is 14.1. The van der Waals surface area contributed by atoms with E-state index in [-0.39, 0.29) is 18.0 Å². The first-order valence-electron chi connectivity index (χ1n) is 5.35. The van der Waals surface area contributed by atoms with Crippen molar-refractivity contribution in [2.45, 2.75) is 6.18 Å². The molecule has 0 aromatic heterocycles. The van der Waals surface area contributed by atoms with Crippen LogP contribution in [0, 0.1) is 0 Å². The van der Waals surface area contributed by atoms with Gasteiger partial charge >= 0.3 is 19.3 Å². The molecule has 108 valence electrons. The predicted octanol–water partition coefficient (Wildman–Crippen LogP) is 1.12. The van der Waals surface area contributed by atoms with Crippen molar-refractivity contribution < 1.29 is 42.2 Å². The van der Waals surface area contributed by atoms with Crippen LogP contribution >= 0.6 is 0 Å². The fourth-order valence-corrected chi connectivity index (χ4v) is 1.59. The lowest BCUT2D eigenvalue weighted by atomic mass is 9.91. The van der Waals surface area contributed by atoms with Crippen LogP contribution in [0.1, 0.15) is 10.4 Å². The standard InChI is InChI=1S/C10H8BF3O6/c12-10(13,14)3-18-5-1-2-6-8(7(5)9(15)16)20-11(17)4-19-6/h1-2,17H,3-4H2,(H,15,16). The Bertz CT molecular complexity index is 532. The summed E-state index contributed by atoms with van der Waals surface area (Å²) in [5.74, 6) is -2.44. The third-order valence-corrected chi connectivity index (χ3v) is 2.32. The average molecular weight is 292 g/mol. The fourth-order valence-electron chi connectivity index (χ4n) is 1.59. The van der Waals surface area contributed by atoms with E-state index < -0.39 is 37.2 Å². The highest BCUT2D eigenvalue weighted by Crippen LogP contribution is 2.40. The Kier molecular flexibility index (Phi) is 3.66. The van der Waals surface area contributed by atoms with E-state index >= 15 is 0 Å². The van der Waals surface area contributed by atoms with Crippen LogP contribution in [0.2, 0.25) is 0 Å². The van der Waals surface area contributed by atoms with E-state index in [1.54, 1.807) is 0 Å². The molecule has 0 spiro atoms. The predicted molar refractivity (Wildman–Crippen MR) is 59.0 cm³/mol. The zero-order chi connectivity index (χ0) is 14.9. The summed E-state index contributed by atoms with van der Waals surface area (Å²) in [6, 6.07) is 2.24. The van der Waals surface area contributed by atoms with Crippen LogP contribution in [0.5, 0.6) is 17.2 Å². The second-order valence-corrected chi connectivity index (χ2v) is 3.86. The lowest BCUT2D eigenvalue weighted by Gasteiger charge is -2.23. The van der Waals surface area contributed by atoms with Crippen LogP contribution in [-0.2, 0) is 0 Å². The van der Waals surface area contributed by atoms with Crippen molar-refractivity contribution in [3.8, 4) is 17.2 Å². The van der Waals surface area contributed by atoms with E-state index in [9.17, 15) is 23.0 Å². The summed E-state index contributed by atoms with van der Waals surface area (Å²) in [4.78, 5) is 11.1. The summed E-state index contributed by atoms with van der Waals surface area (Å²) in [7, 11) is -1.40. The molecule has 20 heavy (non-hydrogen) atoms. The minimum Gasteiger partial charge on any atom is -0.531 e. The second kappa shape index (κ2) is 5.12. The number of fused-ring (bicyclic) bond motifs is 1. The van der Waals surface area contributed by atoms with Crippen molar-refractivity contribution in [1.82, 2.24) is 0 Å². The third-order valence-electron chi connectivity index (χ3n) is 2.32. The summed E-state index contributed by atoms with van der Waals surface area (Å²) in [6.45, 7) is -1.86. The summed E-state index contributed by atoms with van der Waals surface area (Å²) in [5.41, 5.74) is -0.634. The highest BCUT2D eigenvalue weighted by Gasteiger charge is 2.34. The average Bonchev–Trinajstić information content (AvgIpc) is 2.33. The molecule has 0 aliphatic carbocycles. The van der Waals surface area contributed by atoms with Gasteiger partial charge in [-0.15, -0.1) is 0 Å². The first kappa shape index (κ1) is 14.3. The molecule has 0 saturated carbocycles. The maximum Gasteiger partial charge on any atom is 0.563 e. The molecule has 1 aliphatic rings. The van der Waals surface area contributed by atoms with Gasteiger partial charge in [0.2, 0.25) is 0 Å². The number of benzene rings is 1. The van der Waals surface area contributed by atoms with Gasteiger partial charge in [-0.3, -0.25) is 0 Å². The minimum absolute atomic E-state index is 0.00654. The Morgan fingerprint density at radius 1 is 1.45 bits per heavy atom. The number of alkyl halides is 3. The maximum atomic E-state index is 12.1. The monoisotopic (exact) mass is 292 g/mol. The molecule has 0 atom stereocenters. The number of ether oxygens (including phenoxy) is 2.